The van der Waals surface area contributed by atoms with E-state index in [1.165, 1.54) is 18.1 Å². The van der Waals surface area contributed by atoms with E-state index in [-0.39, 0.29) is 19.4 Å². The molecule has 266 valence electrons. The summed E-state index contributed by atoms with van der Waals surface area (Å²) >= 11 is 0. The number of carbonyl (C=O) groups excluding carboxylic acids is 3. The van der Waals surface area contributed by atoms with Gasteiger partial charge in [-0.15, -0.1) is 6.58 Å². The lowest BCUT2D eigenvalue weighted by Gasteiger charge is -2.32. The molecule has 1 unspecified atom stereocenters. The summed E-state index contributed by atoms with van der Waals surface area (Å²) in [6.07, 6.45) is -0.654. The number of amides is 3. The topological polar surface area (TPSA) is 166 Å². The number of alkyl carbamates (subject to hydrolysis) is 1. The molecule has 2 aliphatic rings. The first-order valence-electron chi connectivity index (χ1n) is 16.4. The van der Waals surface area contributed by atoms with Crippen molar-refractivity contribution in [2.24, 2.45) is 5.92 Å². The molecular formula is C37H44N4O9. The van der Waals surface area contributed by atoms with Crippen LogP contribution in [-0.2, 0) is 23.9 Å². The van der Waals surface area contributed by atoms with Gasteiger partial charge in [0.05, 0.1) is 31.0 Å². The standard InChI is InChI=1S/C37H44N4O9/c1-8-23-19-37(23,34(44)45)40-32(42)29-17-25(20-41(29)33(43)31(21(2)47-6)39-35(46)50-36(3,4)5)49-30-18-27(22-12-10-9-11-13-22)38-28-16-24(48-7)14-15-26(28)30/h8-16,18,21,23,25,29,31H,1,17,19-20H2,2-7H3,(H,39,46)(H,40,42)(H,44,45)/t21-,23-,25+,29-,31-,37?/m0/s1. The Kier molecular flexibility index (Phi) is 10.4. The van der Waals surface area contributed by atoms with Crippen molar-refractivity contribution in [3.8, 4) is 22.8 Å². The number of ether oxygens (including phenoxy) is 4. The van der Waals surface area contributed by atoms with Gasteiger partial charge >= 0.3 is 12.1 Å². The average Bonchev–Trinajstić information content (AvgIpc) is 3.65. The van der Waals surface area contributed by atoms with Crippen molar-refractivity contribution in [3.63, 3.8) is 0 Å². The SMILES string of the molecule is C=C[C@H]1CC1(NC(=O)[C@@H]1C[C@@H](Oc2cc(-c3ccccc3)nc3cc(OC)ccc23)CN1C(=O)[C@@H](NC(=O)OC(C)(C)C)[C@H](C)OC)C(=O)O. The second-order valence-corrected chi connectivity index (χ2v) is 13.6. The molecule has 13 nitrogen and oxygen atoms in total. The first-order valence-corrected chi connectivity index (χ1v) is 16.4. The molecule has 1 saturated carbocycles. The summed E-state index contributed by atoms with van der Waals surface area (Å²) in [6, 6.07) is 14.4. The zero-order valence-corrected chi connectivity index (χ0v) is 29.1. The zero-order valence-electron chi connectivity index (χ0n) is 29.1. The van der Waals surface area contributed by atoms with Crippen LogP contribution in [0.25, 0.3) is 22.2 Å². The van der Waals surface area contributed by atoms with Gasteiger partial charge in [0.2, 0.25) is 11.8 Å². The maximum atomic E-state index is 14.3. The Labute approximate surface area is 290 Å². The molecule has 6 atom stereocenters. The number of pyridine rings is 1. The van der Waals surface area contributed by atoms with E-state index in [0.717, 1.165) is 5.56 Å². The minimum absolute atomic E-state index is 0.0349. The summed E-state index contributed by atoms with van der Waals surface area (Å²) < 4.78 is 22.9. The second kappa shape index (κ2) is 14.4. The third kappa shape index (κ3) is 7.67. The Bertz CT molecular complexity index is 1780. The second-order valence-electron chi connectivity index (χ2n) is 13.6. The van der Waals surface area contributed by atoms with Gasteiger partial charge in [-0.2, -0.15) is 0 Å². The van der Waals surface area contributed by atoms with Crippen molar-refractivity contribution in [2.75, 3.05) is 20.8 Å². The molecule has 2 heterocycles. The van der Waals surface area contributed by atoms with E-state index in [1.807, 2.05) is 42.5 Å². The number of nitrogens with zero attached hydrogens (tertiary/aromatic N) is 2. The van der Waals surface area contributed by atoms with Crippen molar-refractivity contribution < 1.29 is 43.2 Å². The number of nitrogens with one attached hydrogen (secondary N) is 2. The molecule has 0 spiro atoms. The molecule has 2 fully saturated rings. The van der Waals surface area contributed by atoms with E-state index in [1.54, 1.807) is 46.9 Å². The van der Waals surface area contributed by atoms with Gasteiger partial charge in [-0.05, 0) is 46.2 Å². The van der Waals surface area contributed by atoms with Gasteiger partial charge in [0, 0.05) is 42.5 Å². The Morgan fingerprint density at radius 1 is 1.10 bits per heavy atom. The predicted molar refractivity (Wildman–Crippen MR) is 185 cm³/mol. The highest BCUT2D eigenvalue weighted by atomic mass is 16.6. The molecule has 50 heavy (non-hydrogen) atoms. The number of aromatic nitrogens is 1. The monoisotopic (exact) mass is 688 g/mol. The zero-order chi connectivity index (χ0) is 36.4. The van der Waals surface area contributed by atoms with Gasteiger partial charge in [0.15, 0.2) is 0 Å². The molecule has 0 radical (unpaired) electrons. The molecular weight excluding hydrogens is 644 g/mol. The molecule has 5 rings (SSSR count). The normalized spacial score (nSPS) is 22.6. The molecule has 0 bridgehead atoms. The van der Waals surface area contributed by atoms with Crippen molar-refractivity contribution in [2.45, 2.75) is 76.0 Å². The summed E-state index contributed by atoms with van der Waals surface area (Å²) in [4.78, 5) is 59.5. The Morgan fingerprint density at radius 3 is 2.42 bits per heavy atom. The van der Waals surface area contributed by atoms with Crippen molar-refractivity contribution in [3.05, 3.63) is 67.3 Å². The third-order valence-electron chi connectivity index (χ3n) is 9.00. The smallest absolute Gasteiger partial charge is 0.408 e. The molecule has 3 aromatic rings. The van der Waals surface area contributed by atoms with Crippen molar-refractivity contribution in [1.29, 1.82) is 0 Å². The minimum Gasteiger partial charge on any atom is -0.497 e. The van der Waals surface area contributed by atoms with Crippen LogP contribution in [0.2, 0.25) is 0 Å². The number of hydrogen-bond donors (Lipinski definition) is 3. The lowest BCUT2D eigenvalue weighted by atomic mass is 10.1. The van der Waals surface area contributed by atoms with Gasteiger partial charge in [0.1, 0.15) is 40.8 Å². The van der Waals surface area contributed by atoms with Crippen LogP contribution in [0.15, 0.2) is 67.3 Å². The van der Waals surface area contributed by atoms with E-state index < -0.39 is 65.2 Å². The third-order valence-corrected chi connectivity index (χ3v) is 9.00. The first kappa shape index (κ1) is 36.1. The number of aliphatic carboxylic acids is 1. The van der Waals surface area contributed by atoms with E-state index >= 15 is 0 Å². The van der Waals surface area contributed by atoms with E-state index in [9.17, 15) is 24.3 Å². The van der Waals surface area contributed by atoms with Crippen LogP contribution < -0.4 is 20.1 Å². The molecule has 1 aliphatic carbocycles. The Morgan fingerprint density at radius 2 is 1.82 bits per heavy atom. The highest BCUT2D eigenvalue weighted by molar-refractivity contribution is 5.96. The van der Waals surface area contributed by atoms with Crippen LogP contribution in [0.4, 0.5) is 4.79 Å². The fourth-order valence-corrected chi connectivity index (χ4v) is 6.16. The fraction of sp³-hybridized carbons (Fsp3) is 0.432. The highest BCUT2D eigenvalue weighted by Gasteiger charge is 2.61. The number of rotatable bonds is 12. The maximum Gasteiger partial charge on any atom is 0.408 e. The molecule has 1 saturated heterocycles. The van der Waals surface area contributed by atoms with Crippen molar-refractivity contribution >= 4 is 34.8 Å². The Hall–Kier alpha value is -5.17. The summed E-state index contributed by atoms with van der Waals surface area (Å²) in [5.41, 5.74) is -0.248. The molecule has 1 aromatic heterocycles. The molecule has 13 heteroatoms. The first-order chi connectivity index (χ1) is 23.7. The number of carboxylic acid groups (broad SMARTS) is 1. The lowest BCUT2D eigenvalue weighted by molar-refractivity contribution is -0.146. The highest BCUT2D eigenvalue weighted by Crippen LogP contribution is 2.45. The minimum atomic E-state index is -1.52. The summed E-state index contributed by atoms with van der Waals surface area (Å²) in [7, 11) is 2.96. The summed E-state index contributed by atoms with van der Waals surface area (Å²) in [6.45, 7) is 10.3. The van der Waals surface area contributed by atoms with Gasteiger partial charge in [-0.25, -0.2) is 14.6 Å². The van der Waals surface area contributed by atoms with Crippen LogP contribution in [0.5, 0.6) is 11.5 Å². The van der Waals surface area contributed by atoms with Crippen LogP contribution in [-0.4, -0.2) is 95.1 Å². The molecule has 1 aliphatic heterocycles. The Balaban J connectivity index is 1.50. The van der Waals surface area contributed by atoms with Crippen LogP contribution >= 0.6 is 0 Å². The van der Waals surface area contributed by atoms with Gasteiger partial charge in [-0.1, -0.05) is 36.4 Å². The van der Waals surface area contributed by atoms with Crippen LogP contribution in [0.3, 0.4) is 0 Å². The van der Waals surface area contributed by atoms with Gasteiger partial charge in [-0.3, -0.25) is 9.59 Å². The number of methoxy groups -OCH3 is 2. The largest absolute Gasteiger partial charge is 0.497 e. The predicted octanol–water partition coefficient (Wildman–Crippen LogP) is 4.33. The maximum absolute atomic E-state index is 14.3. The average molecular weight is 689 g/mol. The van der Waals surface area contributed by atoms with Crippen LogP contribution in [0.1, 0.15) is 40.5 Å². The van der Waals surface area contributed by atoms with E-state index in [0.29, 0.717) is 28.1 Å². The quantitative estimate of drug-likeness (QED) is 0.233. The number of benzene rings is 2. The number of likely N-dealkylation sites (tertiary alicyclic amines) is 1. The van der Waals surface area contributed by atoms with Crippen LogP contribution in [0, 0.1) is 5.92 Å². The number of carbonyl (C=O) groups is 4. The lowest BCUT2D eigenvalue weighted by Crippen LogP contribution is -2.59. The van der Waals surface area contributed by atoms with Gasteiger partial charge in [0.25, 0.3) is 0 Å². The fourth-order valence-electron chi connectivity index (χ4n) is 6.16. The number of fused-ring (bicyclic) bond motifs is 1. The van der Waals surface area contributed by atoms with E-state index in [4.69, 9.17) is 23.9 Å². The molecule has 3 N–H and O–H groups in total. The summed E-state index contributed by atoms with van der Waals surface area (Å²) in [5.74, 6) is -1.86. The molecule has 3 amide bonds. The summed E-state index contributed by atoms with van der Waals surface area (Å²) in [5, 5.41) is 16.0. The molecule has 2 aromatic carbocycles. The number of hydrogen-bond acceptors (Lipinski definition) is 9. The number of carboxylic acids is 1. The van der Waals surface area contributed by atoms with Gasteiger partial charge < -0.3 is 39.6 Å². The van der Waals surface area contributed by atoms with E-state index in [2.05, 4.69) is 17.2 Å². The van der Waals surface area contributed by atoms with Crippen molar-refractivity contribution in [1.82, 2.24) is 20.5 Å².